The highest BCUT2D eigenvalue weighted by atomic mass is 32.1. The summed E-state index contributed by atoms with van der Waals surface area (Å²) in [7, 11) is 1.50. The molecule has 1 N–H and O–H groups in total. The molecule has 0 aliphatic rings. The van der Waals surface area contributed by atoms with Crippen molar-refractivity contribution in [3.8, 4) is 0 Å². The second kappa shape index (κ2) is 5.18. The van der Waals surface area contributed by atoms with Gasteiger partial charge in [0.25, 0.3) is 0 Å². The standard InChI is InChI=1S/C13H14N2O2S/c1-8-10-6-4-5-7-11(10)18-12(8)9(2)15-17-13(16)14-3/h4-7H,1-3H3,(H,14,16)/b15-9-. The Morgan fingerprint density at radius 2 is 2.11 bits per heavy atom. The van der Waals surface area contributed by atoms with Gasteiger partial charge in [0.2, 0.25) is 0 Å². The number of oxime groups is 1. The average molecular weight is 262 g/mol. The van der Waals surface area contributed by atoms with Gasteiger partial charge in [0.1, 0.15) is 0 Å². The molecule has 1 heterocycles. The minimum Gasteiger partial charge on any atom is -0.323 e. The average Bonchev–Trinajstić information content (AvgIpc) is 2.73. The minimum atomic E-state index is -0.562. The molecule has 0 radical (unpaired) electrons. The predicted molar refractivity (Wildman–Crippen MR) is 74.3 cm³/mol. The van der Waals surface area contributed by atoms with E-state index in [2.05, 4.69) is 22.6 Å². The van der Waals surface area contributed by atoms with Crippen LogP contribution in [0.15, 0.2) is 29.4 Å². The second-order valence-electron chi connectivity index (χ2n) is 3.86. The predicted octanol–water partition coefficient (Wildman–Crippen LogP) is 3.29. The number of carbonyl (C=O) groups is 1. The van der Waals surface area contributed by atoms with Crippen LogP contribution in [0.2, 0.25) is 0 Å². The Morgan fingerprint density at radius 3 is 2.78 bits per heavy atom. The smallest absolute Gasteiger partial charge is 0.323 e. The number of nitrogens with one attached hydrogen (secondary N) is 1. The highest BCUT2D eigenvalue weighted by Gasteiger charge is 2.11. The molecule has 1 aromatic carbocycles. The Morgan fingerprint density at radius 1 is 1.39 bits per heavy atom. The van der Waals surface area contributed by atoms with Gasteiger partial charge in [-0.15, -0.1) is 11.3 Å². The van der Waals surface area contributed by atoms with Crippen LogP contribution < -0.4 is 5.32 Å². The molecule has 2 aromatic rings. The lowest BCUT2D eigenvalue weighted by atomic mass is 10.1. The third-order valence-corrected chi connectivity index (χ3v) is 4.02. The number of hydrogen-bond donors (Lipinski definition) is 1. The first-order valence-corrected chi connectivity index (χ1v) is 6.37. The first-order chi connectivity index (χ1) is 8.63. The maximum Gasteiger partial charge on any atom is 0.433 e. The molecule has 18 heavy (non-hydrogen) atoms. The van der Waals surface area contributed by atoms with Gasteiger partial charge in [-0.1, -0.05) is 23.4 Å². The van der Waals surface area contributed by atoms with Crippen molar-refractivity contribution in [2.24, 2.45) is 5.16 Å². The number of carbonyl (C=O) groups excluding carboxylic acids is 1. The van der Waals surface area contributed by atoms with Gasteiger partial charge >= 0.3 is 6.09 Å². The topological polar surface area (TPSA) is 50.7 Å². The van der Waals surface area contributed by atoms with Crippen molar-refractivity contribution >= 4 is 33.2 Å². The lowest BCUT2D eigenvalue weighted by Crippen LogP contribution is -2.17. The number of hydrogen-bond acceptors (Lipinski definition) is 4. The summed E-state index contributed by atoms with van der Waals surface area (Å²) in [5.41, 5.74) is 1.87. The number of rotatable bonds is 2. The Kier molecular flexibility index (Phi) is 3.62. The number of fused-ring (bicyclic) bond motifs is 1. The van der Waals surface area contributed by atoms with E-state index < -0.39 is 6.09 Å². The van der Waals surface area contributed by atoms with Crippen LogP contribution in [0.5, 0.6) is 0 Å². The van der Waals surface area contributed by atoms with Crippen LogP contribution in [0.3, 0.4) is 0 Å². The Hall–Kier alpha value is -1.88. The lowest BCUT2D eigenvalue weighted by molar-refractivity contribution is 0.153. The summed E-state index contributed by atoms with van der Waals surface area (Å²) in [5, 5.41) is 7.40. The van der Waals surface area contributed by atoms with Crippen LogP contribution in [-0.4, -0.2) is 18.9 Å². The Labute approximate surface area is 109 Å². The van der Waals surface area contributed by atoms with Crippen molar-refractivity contribution in [3.63, 3.8) is 0 Å². The molecule has 0 atom stereocenters. The van der Waals surface area contributed by atoms with Crippen molar-refractivity contribution in [2.45, 2.75) is 13.8 Å². The molecule has 94 valence electrons. The van der Waals surface area contributed by atoms with Crippen molar-refractivity contribution in [2.75, 3.05) is 7.05 Å². The fourth-order valence-electron chi connectivity index (χ4n) is 1.72. The molecule has 0 spiro atoms. The fourth-order valence-corrected chi connectivity index (χ4v) is 2.86. The summed E-state index contributed by atoms with van der Waals surface area (Å²) in [5.74, 6) is 0. The van der Waals surface area contributed by atoms with E-state index in [1.165, 1.54) is 17.1 Å². The third-order valence-electron chi connectivity index (χ3n) is 2.64. The molecule has 2 rings (SSSR count). The van der Waals surface area contributed by atoms with Crippen LogP contribution >= 0.6 is 11.3 Å². The molecular formula is C13H14N2O2S. The van der Waals surface area contributed by atoms with Gasteiger partial charge < -0.3 is 5.32 Å². The van der Waals surface area contributed by atoms with Crippen molar-refractivity contribution in [1.82, 2.24) is 5.32 Å². The molecule has 0 saturated carbocycles. The fraction of sp³-hybridized carbons (Fsp3) is 0.231. The summed E-state index contributed by atoms with van der Waals surface area (Å²) < 4.78 is 1.21. The number of nitrogens with zero attached hydrogens (tertiary/aromatic N) is 1. The zero-order chi connectivity index (χ0) is 13.1. The largest absolute Gasteiger partial charge is 0.433 e. The van der Waals surface area contributed by atoms with E-state index in [9.17, 15) is 4.79 Å². The summed E-state index contributed by atoms with van der Waals surface area (Å²) in [6.45, 7) is 3.88. The molecule has 0 fully saturated rings. The minimum absolute atomic E-state index is 0.562. The molecule has 1 amide bonds. The third kappa shape index (κ3) is 2.36. The van der Waals surface area contributed by atoms with Crippen LogP contribution in [-0.2, 0) is 4.84 Å². The van der Waals surface area contributed by atoms with Crippen LogP contribution in [0.1, 0.15) is 17.4 Å². The van der Waals surface area contributed by atoms with Crippen LogP contribution in [0.25, 0.3) is 10.1 Å². The molecule has 0 bridgehead atoms. The highest BCUT2D eigenvalue weighted by molar-refractivity contribution is 7.21. The van der Waals surface area contributed by atoms with E-state index in [-0.39, 0.29) is 0 Å². The summed E-state index contributed by atoms with van der Waals surface area (Å²) in [6, 6.07) is 8.18. The molecule has 4 nitrogen and oxygen atoms in total. The molecule has 1 aromatic heterocycles. The highest BCUT2D eigenvalue weighted by Crippen LogP contribution is 2.30. The van der Waals surface area contributed by atoms with E-state index in [0.717, 1.165) is 10.4 Å². The van der Waals surface area contributed by atoms with Gasteiger partial charge in [-0.05, 0) is 30.9 Å². The molecule has 0 aliphatic carbocycles. The first-order valence-electron chi connectivity index (χ1n) is 5.55. The second-order valence-corrected chi connectivity index (χ2v) is 4.91. The van der Waals surface area contributed by atoms with E-state index >= 15 is 0 Å². The summed E-state index contributed by atoms with van der Waals surface area (Å²) in [6.07, 6.45) is -0.562. The number of benzene rings is 1. The number of amides is 1. The van der Waals surface area contributed by atoms with E-state index in [1.54, 1.807) is 11.3 Å². The van der Waals surface area contributed by atoms with Gasteiger partial charge in [-0.3, -0.25) is 4.84 Å². The van der Waals surface area contributed by atoms with Gasteiger partial charge in [0.15, 0.2) is 0 Å². The SMILES string of the molecule is CNC(=O)O/N=C(/C)c1sc2ccccc2c1C. The Balaban J connectivity index is 2.36. The molecule has 0 aliphatic heterocycles. The number of thiophene rings is 1. The lowest BCUT2D eigenvalue weighted by Gasteiger charge is -1.99. The normalized spacial score (nSPS) is 11.6. The zero-order valence-electron chi connectivity index (χ0n) is 10.5. The van der Waals surface area contributed by atoms with Crippen LogP contribution in [0, 0.1) is 6.92 Å². The van der Waals surface area contributed by atoms with Crippen molar-refractivity contribution < 1.29 is 9.63 Å². The maximum atomic E-state index is 11.0. The summed E-state index contributed by atoms with van der Waals surface area (Å²) >= 11 is 1.65. The van der Waals surface area contributed by atoms with Gasteiger partial charge in [0.05, 0.1) is 10.6 Å². The molecule has 5 heteroatoms. The number of aryl methyl sites for hydroxylation is 1. The van der Waals surface area contributed by atoms with Gasteiger partial charge in [-0.2, -0.15) is 0 Å². The van der Waals surface area contributed by atoms with E-state index in [1.807, 2.05) is 26.0 Å². The first kappa shape index (κ1) is 12.6. The van der Waals surface area contributed by atoms with E-state index in [4.69, 9.17) is 4.84 Å². The Bertz CT molecular complexity index is 616. The van der Waals surface area contributed by atoms with Crippen molar-refractivity contribution in [3.05, 3.63) is 34.7 Å². The molecular weight excluding hydrogens is 248 g/mol. The van der Waals surface area contributed by atoms with Gasteiger partial charge in [-0.25, -0.2) is 4.79 Å². The molecule has 0 saturated heterocycles. The molecule has 0 unspecified atom stereocenters. The van der Waals surface area contributed by atoms with Crippen molar-refractivity contribution in [1.29, 1.82) is 0 Å². The monoisotopic (exact) mass is 262 g/mol. The zero-order valence-corrected chi connectivity index (χ0v) is 11.3. The maximum absolute atomic E-state index is 11.0. The quantitative estimate of drug-likeness (QED) is 0.513. The van der Waals surface area contributed by atoms with Crippen LogP contribution in [0.4, 0.5) is 4.79 Å². The summed E-state index contributed by atoms with van der Waals surface area (Å²) in [4.78, 5) is 16.7. The van der Waals surface area contributed by atoms with Gasteiger partial charge in [0, 0.05) is 11.7 Å². The van der Waals surface area contributed by atoms with E-state index in [0.29, 0.717) is 5.71 Å².